The number of anilines is 2. The number of amides is 1. The molecule has 1 fully saturated rings. The predicted octanol–water partition coefficient (Wildman–Crippen LogP) is 4.29. The largest absolute Gasteiger partial charge is 0.489 e. The van der Waals surface area contributed by atoms with Crippen molar-refractivity contribution >= 4 is 23.3 Å². The molecule has 0 spiro atoms. The Bertz CT molecular complexity index is 1100. The molecular formula is C27H28N2O5. The third-order valence-electron chi connectivity index (χ3n) is 5.48. The van der Waals surface area contributed by atoms with Crippen LogP contribution in [0.5, 0.6) is 5.75 Å². The Hall–Kier alpha value is -3.84. The number of hydrogen-bond acceptors (Lipinski definition) is 6. The molecule has 1 heterocycles. The second kappa shape index (κ2) is 11.3. The van der Waals surface area contributed by atoms with Gasteiger partial charge in [-0.3, -0.25) is 4.79 Å². The normalized spacial score (nSPS) is 14.2. The van der Waals surface area contributed by atoms with Crippen LogP contribution in [0, 0.1) is 0 Å². The van der Waals surface area contributed by atoms with Crippen LogP contribution in [0.3, 0.4) is 0 Å². The zero-order valence-electron chi connectivity index (χ0n) is 19.1. The number of morpholine rings is 1. The fraction of sp³-hybridized carbons (Fsp3) is 0.259. The molecule has 1 N–H and O–H groups in total. The van der Waals surface area contributed by atoms with E-state index in [9.17, 15) is 9.59 Å². The van der Waals surface area contributed by atoms with Gasteiger partial charge in [-0.15, -0.1) is 0 Å². The fourth-order valence-corrected chi connectivity index (χ4v) is 3.56. The molecule has 0 radical (unpaired) electrons. The maximum absolute atomic E-state index is 12.6. The molecule has 0 aromatic heterocycles. The molecule has 3 aromatic carbocycles. The van der Waals surface area contributed by atoms with Crippen molar-refractivity contribution < 1.29 is 23.8 Å². The average Bonchev–Trinajstić information content (AvgIpc) is 2.89. The average molecular weight is 461 g/mol. The lowest BCUT2D eigenvalue weighted by Crippen LogP contribution is -2.36. The lowest BCUT2D eigenvalue weighted by molar-refractivity contribution is -0.123. The molecule has 1 atom stereocenters. The zero-order chi connectivity index (χ0) is 23.8. The van der Waals surface area contributed by atoms with Gasteiger partial charge in [0.25, 0.3) is 5.91 Å². The van der Waals surface area contributed by atoms with E-state index < -0.39 is 18.0 Å². The summed E-state index contributed by atoms with van der Waals surface area (Å²) < 4.78 is 16.5. The van der Waals surface area contributed by atoms with Crippen molar-refractivity contribution in [3.8, 4) is 5.75 Å². The molecule has 34 heavy (non-hydrogen) atoms. The lowest BCUT2D eigenvalue weighted by Gasteiger charge is -2.28. The monoisotopic (exact) mass is 460 g/mol. The molecule has 4 rings (SSSR count). The highest BCUT2D eigenvalue weighted by Crippen LogP contribution is 2.20. The van der Waals surface area contributed by atoms with Crippen LogP contribution < -0.4 is 15.0 Å². The number of nitrogens with one attached hydrogen (secondary N) is 1. The molecule has 0 bridgehead atoms. The van der Waals surface area contributed by atoms with Crippen molar-refractivity contribution in [1.29, 1.82) is 0 Å². The molecule has 1 amide bonds. The minimum absolute atomic E-state index is 0.320. The van der Waals surface area contributed by atoms with Crippen LogP contribution in [0.4, 0.5) is 11.4 Å². The summed E-state index contributed by atoms with van der Waals surface area (Å²) in [4.78, 5) is 27.4. The summed E-state index contributed by atoms with van der Waals surface area (Å²) in [6, 6.07) is 24.1. The number of nitrogens with zero attached hydrogens (tertiary/aromatic N) is 1. The van der Waals surface area contributed by atoms with Crippen molar-refractivity contribution in [2.24, 2.45) is 0 Å². The van der Waals surface area contributed by atoms with E-state index in [1.165, 1.54) is 0 Å². The van der Waals surface area contributed by atoms with E-state index >= 15 is 0 Å². The minimum atomic E-state index is -0.958. The smallest absolute Gasteiger partial charge is 0.339 e. The first kappa shape index (κ1) is 23.3. The van der Waals surface area contributed by atoms with Gasteiger partial charge in [0.15, 0.2) is 6.10 Å². The van der Waals surface area contributed by atoms with Gasteiger partial charge in [0.1, 0.15) is 12.4 Å². The Balaban J connectivity index is 1.29. The van der Waals surface area contributed by atoms with Crippen molar-refractivity contribution in [1.82, 2.24) is 0 Å². The van der Waals surface area contributed by atoms with Crippen molar-refractivity contribution in [2.45, 2.75) is 19.6 Å². The van der Waals surface area contributed by atoms with Crippen LogP contribution in [0.25, 0.3) is 0 Å². The SMILES string of the molecule is CC(OC(=O)c1cccc(OCc2ccccc2)c1)C(=O)Nc1ccc(N2CCOCC2)cc1. The molecule has 0 saturated carbocycles. The van der Waals surface area contributed by atoms with Gasteiger partial charge in [-0.2, -0.15) is 0 Å². The van der Waals surface area contributed by atoms with Gasteiger partial charge in [0.2, 0.25) is 0 Å². The van der Waals surface area contributed by atoms with Crippen LogP contribution in [-0.4, -0.2) is 44.3 Å². The van der Waals surface area contributed by atoms with Gasteiger partial charge >= 0.3 is 5.97 Å². The Morgan fingerprint density at radius 3 is 2.44 bits per heavy atom. The lowest BCUT2D eigenvalue weighted by atomic mass is 10.2. The standard InChI is InChI=1S/C27H28N2O5/c1-20(26(30)28-23-10-12-24(13-11-23)29-14-16-32-17-15-29)34-27(31)22-8-5-9-25(18-22)33-19-21-6-3-2-4-7-21/h2-13,18,20H,14-17,19H2,1H3,(H,28,30). The molecule has 1 aliphatic rings. The van der Waals surface area contributed by atoms with Gasteiger partial charge in [0, 0.05) is 24.5 Å². The first-order chi connectivity index (χ1) is 16.6. The van der Waals surface area contributed by atoms with Crippen molar-refractivity contribution in [3.05, 3.63) is 90.0 Å². The van der Waals surface area contributed by atoms with Crippen molar-refractivity contribution in [2.75, 3.05) is 36.5 Å². The third kappa shape index (κ3) is 6.36. The zero-order valence-corrected chi connectivity index (χ0v) is 19.1. The van der Waals surface area contributed by atoms with Crippen LogP contribution in [0.2, 0.25) is 0 Å². The number of carbonyl (C=O) groups is 2. The Kier molecular flexibility index (Phi) is 7.78. The molecule has 176 valence electrons. The summed E-state index contributed by atoms with van der Waals surface area (Å²) in [7, 11) is 0. The second-order valence-electron chi connectivity index (χ2n) is 7.99. The van der Waals surface area contributed by atoms with Crippen LogP contribution in [0.1, 0.15) is 22.8 Å². The first-order valence-corrected chi connectivity index (χ1v) is 11.3. The molecule has 7 heteroatoms. The van der Waals surface area contributed by atoms with E-state index in [1.807, 2.05) is 54.6 Å². The molecule has 1 aliphatic heterocycles. The summed E-state index contributed by atoms with van der Waals surface area (Å²) in [5.74, 6) is -0.435. The second-order valence-corrected chi connectivity index (χ2v) is 7.99. The predicted molar refractivity (Wildman–Crippen MR) is 130 cm³/mol. The van der Waals surface area contributed by atoms with Gasteiger partial charge < -0.3 is 24.4 Å². The van der Waals surface area contributed by atoms with Gasteiger partial charge in [-0.25, -0.2) is 4.79 Å². The van der Waals surface area contributed by atoms with Crippen LogP contribution in [-0.2, 0) is 20.9 Å². The van der Waals surface area contributed by atoms with E-state index in [0.29, 0.717) is 36.8 Å². The van der Waals surface area contributed by atoms with E-state index in [0.717, 1.165) is 24.3 Å². The maximum Gasteiger partial charge on any atom is 0.339 e. The summed E-state index contributed by atoms with van der Waals surface area (Å²) in [5, 5.41) is 2.79. The minimum Gasteiger partial charge on any atom is -0.489 e. The molecule has 1 unspecified atom stereocenters. The molecule has 1 saturated heterocycles. The van der Waals surface area contributed by atoms with E-state index in [-0.39, 0.29) is 0 Å². The summed E-state index contributed by atoms with van der Waals surface area (Å²) in [6.07, 6.45) is -0.958. The molecule has 0 aliphatic carbocycles. The Morgan fingerprint density at radius 2 is 1.71 bits per heavy atom. The quantitative estimate of drug-likeness (QED) is 0.506. The van der Waals surface area contributed by atoms with E-state index in [1.54, 1.807) is 31.2 Å². The number of ether oxygens (including phenoxy) is 3. The van der Waals surface area contributed by atoms with Gasteiger partial charge in [-0.05, 0) is 55.0 Å². The fourth-order valence-electron chi connectivity index (χ4n) is 3.56. The highest BCUT2D eigenvalue weighted by Gasteiger charge is 2.20. The number of esters is 1. The van der Waals surface area contributed by atoms with Crippen LogP contribution >= 0.6 is 0 Å². The van der Waals surface area contributed by atoms with Gasteiger partial charge in [-0.1, -0.05) is 36.4 Å². The Morgan fingerprint density at radius 1 is 0.971 bits per heavy atom. The number of carbonyl (C=O) groups excluding carboxylic acids is 2. The highest BCUT2D eigenvalue weighted by atomic mass is 16.5. The van der Waals surface area contributed by atoms with E-state index in [4.69, 9.17) is 14.2 Å². The topological polar surface area (TPSA) is 77.1 Å². The molecular weight excluding hydrogens is 432 g/mol. The summed E-state index contributed by atoms with van der Waals surface area (Å²) in [6.45, 7) is 5.05. The molecule has 7 nitrogen and oxygen atoms in total. The van der Waals surface area contributed by atoms with Crippen LogP contribution in [0.15, 0.2) is 78.9 Å². The number of rotatable bonds is 8. The van der Waals surface area contributed by atoms with Crippen molar-refractivity contribution in [3.63, 3.8) is 0 Å². The number of hydrogen-bond donors (Lipinski definition) is 1. The maximum atomic E-state index is 12.6. The summed E-state index contributed by atoms with van der Waals surface area (Å²) in [5.41, 5.74) is 3.06. The van der Waals surface area contributed by atoms with Gasteiger partial charge in [0.05, 0.1) is 18.8 Å². The highest BCUT2D eigenvalue weighted by molar-refractivity contribution is 5.97. The Labute approximate surface area is 199 Å². The first-order valence-electron chi connectivity index (χ1n) is 11.3. The van der Waals surface area contributed by atoms with E-state index in [2.05, 4.69) is 10.2 Å². The summed E-state index contributed by atoms with van der Waals surface area (Å²) >= 11 is 0. The third-order valence-corrected chi connectivity index (χ3v) is 5.48. The number of benzene rings is 3. The molecule has 3 aromatic rings.